The summed E-state index contributed by atoms with van der Waals surface area (Å²) in [6, 6.07) is 3.40. The number of hydrogen-bond acceptors (Lipinski definition) is 7. The molecule has 4 rings (SSSR count). The molecule has 1 aromatic carbocycles. The Kier molecular flexibility index (Phi) is 5.65. The molecule has 0 unspecified atom stereocenters. The van der Waals surface area contributed by atoms with Crippen LogP contribution in [-0.2, 0) is 33.2 Å². The molecule has 9 nitrogen and oxygen atoms in total. The first-order valence-electron chi connectivity index (χ1n) is 9.50. The largest absolute Gasteiger partial charge is 0.461 e. The lowest BCUT2D eigenvalue weighted by Crippen LogP contribution is -2.40. The average Bonchev–Trinajstić information content (AvgIpc) is 3.33. The van der Waals surface area contributed by atoms with E-state index in [1.165, 1.54) is 10.5 Å². The van der Waals surface area contributed by atoms with Crippen LogP contribution in [0.5, 0.6) is 11.5 Å². The van der Waals surface area contributed by atoms with Gasteiger partial charge in [-0.05, 0) is 37.5 Å². The second kappa shape index (κ2) is 8.09. The Morgan fingerprint density at radius 3 is 2.70 bits per heavy atom. The number of ether oxygens (including phenoxy) is 3. The zero-order valence-electron chi connectivity index (χ0n) is 16.6. The maximum Gasteiger partial charge on any atom is 0.309 e. The van der Waals surface area contributed by atoms with Crippen molar-refractivity contribution in [1.82, 2.24) is 13.9 Å². The summed E-state index contributed by atoms with van der Waals surface area (Å²) in [7, 11) is -1.92. The van der Waals surface area contributed by atoms with Gasteiger partial charge in [-0.15, -0.1) is 0 Å². The Hall–Kier alpha value is -2.30. The summed E-state index contributed by atoms with van der Waals surface area (Å²) in [6.45, 7) is 2.40. The number of nitrogens with zero attached hydrogens (tertiary/aromatic N) is 3. The number of benzene rings is 1. The number of rotatable bonds is 5. The Balaban J connectivity index is 1.33. The molecule has 0 bridgehead atoms. The van der Waals surface area contributed by atoms with Crippen LogP contribution < -0.4 is 9.47 Å². The Morgan fingerprint density at radius 2 is 2.03 bits per heavy atom. The van der Waals surface area contributed by atoms with Gasteiger partial charge in [0.05, 0.1) is 10.9 Å². The number of fused-ring (bicyclic) bond motifs is 1. The van der Waals surface area contributed by atoms with Crippen LogP contribution in [0.1, 0.15) is 24.2 Å². The van der Waals surface area contributed by atoms with Crippen LogP contribution in [0.4, 0.5) is 0 Å². The molecule has 0 saturated carbocycles. The first-order valence-corrected chi connectivity index (χ1v) is 11.3. The fraction of sp³-hybridized carbons (Fsp3) is 0.474. The van der Waals surface area contributed by atoms with Crippen molar-refractivity contribution in [2.45, 2.75) is 31.4 Å². The third kappa shape index (κ3) is 3.99. The minimum atomic E-state index is -3.67. The summed E-state index contributed by atoms with van der Waals surface area (Å²) in [4.78, 5) is 16.6. The fourth-order valence-electron chi connectivity index (χ4n) is 3.49. The van der Waals surface area contributed by atoms with Gasteiger partial charge in [-0.1, -0.05) is 11.6 Å². The quantitative estimate of drug-likeness (QED) is 0.637. The van der Waals surface area contributed by atoms with Crippen LogP contribution in [-0.4, -0.2) is 48.1 Å². The number of hydrogen-bond donors (Lipinski definition) is 0. The highest BCUT2D eigenvalue weighted by Crippen LogP contribution is 2.40. The number of aromatic nitrogens is 2. The van der Waals surface area contributed by atoms with E-state index in [-0.39, 0.29) is 43.4 Å². The molecule has 2 aliphatic rings. The zero-order valence-corrected chi connectivity index (χ0v) is 18.2. The van der Waals surface area contributed by atoms with Crippen molar-refractivity contribution in [2.75, 3.05) is 19.9 Å². The molecular formula is C19H22ClN3O6S. The number of esters is 1. The van der Waals surface area contributed by atoms with Crippen molar-refractivity contribution in [3.05, 3.63) is 34.7 Å². The number of carbonyl (C=O) groups is 1. The molecule has 0 aliphatic carbocycles. The molecule has 11 heteroatoms. The Labute approximate surface area is 179 Å². The van der Waals surface area contributed by atoms with E-state index >= 15 is 0 Å². The minimum absolute atomic E-state index is 0.0308. The van der Waals surface area contributed by atoms with E-state index in [1.807, 2.05) is 0 Å². The van der Waals surface area contributed by atoms with Gasteiger partial charge in [-0.2, -0.15) is 4.31 Å². The first-order chi connectivity index (χ1) is 14.3. The Bertz CT molecular complexity index is 1060. The summed E-state index contributed by atoms with van der Waals surface area (Å²) in [5.41, 5.74) is 0.697. The second-order valence-corrected chi connectivity index (χ2v) is 9.63. The van der Waals surface area contributed by atoms with Crippen LogP contribution in [0.2, 0.25) is 5.02 Å². The highest BCUT2D eigenvalue weighted by Gasteiger charge is 2.34. The normalized spacial score (nSPS) is 17.3. The van der Waals surface area contributed by atoms with Crippen molar-refractivity contribution in [1.29, 1.82) is 0 Å². The molecule has 0 amide bonds. The standard InChI is InChI=1S/C19H22ClN3O6S/c1-12-21-17(9-22(12)2)30(25,26)23-5-3-14(4-6-23)19(24)27-10-13-7-15(20)18-16(8-13)28-11-29-18/h7-9,14H,3-6,10-11H2,1-2H3. The molecule has 2 aromatic rings. The highest BCUT2D eigenvalue weighted by molar-refractivity contribution is 7.89. The summed E-state index contributed by atoms with van der Waals surface area (Å²) >= 11 is 6.14. The number of piperidine rings is 1. The molecule has 30 heavy (non-hydrogen) atoms. The van der Waals surface area contributed by atoms with Crippen LogP contribution in [0.3, 0.4) is 0 Å². The molecule has 2 aliphatic heterocycles. The lowest BCUT2D eigenvalue weighted by atomic mass is 9.98. The molecular weight excluding hydrogens is 434 g/mol. The molecule has 0 radical (unpaired) electrons. The predicted octanol–water partition coefficient (Wildman–Crippen LogP) is 2.25. The zero-order chi connectivity index (χ0) is 21.5. The number of imidazole rings is 1. The maximum absolute atomic E-state index is 12.8. The van der Waals surface area contributed by atoms with Gasteiger partial charge in [-0.3, -0.25) is 4.79 Å². The van der Waals surface area contributed by atoms with Crippen molar-refractivity contribution in [3.63, 3.8) is 0 Å². The van der Waals surface area contributed by atoms with E-state index in [2.05, 4.69) is 4.98 Å². The highest BCUT2D eigenvalue weighted by atomic mass is 35.5. The SMILES string of the molecule is Cc1nc(S(=O)(=O)N2CCC(C(=O)OCc3cc(Cl)c4c(c3)OCO4)CC2)cn1C. The third-order valence-corrected chi connectivity index (χ3v) is 7.40. The van der Waals surface area contributed by atoms with Crippen molar-refractivity contribution in [3.8, 4) is 11.5 Å². The van der Waals surface area contributed by atoms with E-state index in [4.69, 9.17) is 25.8 Å². The summed E-state index contributed by atoms with van der Waals surface area (Å²) in [5, 5.41) is 0.433. The molecule has 0 N–H and O–H groups in total. The number of halogens is 1. The number of sulfonamides is 1. The van der Waals surface area contributed by atoms with E-state index in [1.54, 1.807) is 30.7 Å². The monoisotopic (exact) mass is 455 g/mol. The van der Waals surface area contributed by atoms with Gasteiger partial charge in [0.25, 0.3) is 10.0 Å². The molecule has 0 atom stereocenters. The topological polar surface area (TPSA) is 100.0 Å². The summed E-state index contributed by atoms with van der Waals surface area (Å²) in [6.07, 6.45) is 2.29. The second-order valence-electron chi connectivity index (χ2n) is 7.33. The smallest absolute Gasteiger partial charge is 0.309 e. The van der Waals surface area contributed by atoms with Crippen LogP contribution in [0.25, 0.3) is 0 Å². The van der Waals surface area contributed by atoms with Gasteiger partial charge in [0, 0.05) is 26.3 Å². The molecule has 0 spiro atoms. The first kappa shape index (κ1) is 21.0. The van der Waals surface area contributed by atoms with Gasteiger partial charge in [0.2, 0.25) is 6.79 Å². The minimum Gasteiger partial charge on any atom is -0.461 e. The maximum atomic E-state index is 12.8. The van der Waals surface area contributed by atoms with Crippen molar-refractivity contribution < 1.29 is 27.4 Å². The van der Waals surface area contributed by atoms with E-state index in [0.29, 0.717) is 40.8 Å². The average molecular weight is 456 g/mol. The number of aryl methyl sites for hydroxylation is 2. The molecule has 162 valence electrons. The lowest BCUT2D eigenvalue weighted by molar-refractivity contribution is -0.151. The Morgan fingerprint density at radius 1 is 1.30 bits per heavy atom. The van der Waals surface area contributed by atoms with Crippen LogP contribution in [0.15, 0.2) is 23.4 Å². The van der Waals surface area contributed by atoms with E-state index < -0.39 is 10.0 Å². The summed E-state index contributed by atoms with van der Waals surface area (Å²) in [5.74, 6) is 0.928. The predicted molar refractivity (Wildman–Crippen MR) is 107 cm³/mol. The summed E-state index contributed by atoms with van der Waals surface area (Å²) < 4.78 is 44.6. The number of carbonyl (C=O) groups excluding carboxylic acids is 1. The van der Waals surface area contributed by atoms with Gasteiger partial charge < -0.3 is 18.8 Å². The van der Waals surface area contributed by atoms with Gasteiger partial charge in [0.1, 0.15) is 12.4 Å². The molecule has 1 aromatic heterocycles. The third-order valence-electron chi connectivity index (χ3n) is 5.35. The van der Waals surface area contributed by atoms with Crippen LogP contribution in [0, 0.1) is 12.8 Å². The molecule has 1 saturated heterocycles. The molecule has 3 heterocycles. The van der Waals surface area contributed by atoms with Gasteiger partial charge in [0.15, 0.2) is 16.5 Å². The van der Waals surface area contributed by atoms with Gasteiger partial charge >= 0.3 is 5.97 Å². The molecule has 1 fully saturated rings. The van der Waals surface area contributed by atoms with E-state index in [9.17, 15) is 13.2 Å². The van der Waals surface area contributed by atoms with Crippen molar-refractivity contribution >= 4 is 27.6 Å². The van der Waals surface area contributed by atoms with Crippen molar-refractivity contribution in [2.24, 2.45) is 13.0 Å². The van der Waals surface area contributed by atoms with Gasteiger partial charge in [-0.25, -0.2) is 13.4 Å². The lowest BCUT2D eigenvalue weighted by Gasteiger charge is -2.29. The van der Waals surface area contributed by atoms with Crippen LogP contribution >= 0.6 is 11.6 Å². The van der Waals surface area contributed by atoms with E-state index in [0.717, 1.165) is 0 Å². The fourth-order valence-corrected chi connectivity index (χ4v) is 5.27.